The summed E-state index contributed by atoms with van der Waals surface area (Å²) in [5.74, 6) is -0.825. The first-order chi connectivity index (χ1) is 10.9. The van der Waals surface area contributed by atoms with E-state index in [1.54, 1.807) is 0 Å². The zero-order chi connectivity index (χ0) is 17.2. The van der Waals surface area contributed by atoms with Crippen LogP contribution in [-0.2, 0) is 20.8 Å². The maximum atomic E-state index is 12.2. The fourth-order valence-corrected chi connectivity index (χ4v) is 1.90. The van der Waals surface area contributed by atoms with Crippen molar-refractivity contribution >= 4 is 23.5 Å². The second kappa shape index (κ2) is 9.34. The highest BCUT2D eigenvalue weighted by atomic mass is 16.2. The number of nitrogens with one attached hydrogen (secondary N) is 3. The van der Waals surface area contributed by atoms with Gasteiger partial charge in [-0.15, -0.1) is 0 Å². The summed E-state index contributed by atoms with van der Waals surface area (Å²) in [4.78, 5) is 45.7. The molecule has 0 saturated carbocycles. The van der Waals surface area contributed by atoms with Gasteiger partial charge in [0.25, 0.3) is 0 Å². The highest BCUT2D eigenvalue weighted by Crippen LogP contribution is 2.04. The highest BCUT2D eigenvalue weighted by Gasteiger charge is 2.20. The zero-order valence-electron chi connectivity index (χ0n) is 13.2. The number of urea groups is 1. The standard InChI is InChI=1S/C16H21N3O4/c1-11(20)9-17-16(23)18-10-15(22)14(19-12(2)21)8-13-6-4-3-5-7-13/h3-7,14H,8-10H2,1-2H3,(H,19,21)(H2,17,18,23). The second-order valence-electron chi connectivity index (χ2n) is 5.15. The molecule has 1 rings (SSSR count). The summed E-state index contributed by atoms with van der Waals surface area (Å²) in [6, 6.07) is 7.94. The molecule has 0 bridgehead atoms. The van der Waals surface area contributed by atoms with Crippen LogP contribution in [0.5, 0.6) is 0 Å². The Kier molecular flexibility index (Phi) is 7.45. The van der Waals surface area contributed by atoms with Gasteiger partial charge in [-0.3, -0.25) is 14.4 Å². The number of carbonyl (C=O) groups is 4. The molecule has 0 spiro atoms. The molecule has 1 unspecified atom stereocenters. The van der Waals surface area contributed by atoms with Gasteiger partial charge < -0.3 is 16.0 Å². The summed E-state index contributed by atoms with van der Waals surface area (Å²) >= 11 is 0. The molecule has 23 heavy (non-hydrogen) atoms. The van der Waals surface area contributed by atoms with Gasteiger partial charge in [0.15, 0.2) is 5.78 Å². The quantitative estimate of drug-likeness (QED) is 0.636. The smallest absolute Gasteiger partial charge is 0.315 e. The number of hydrogen-bond donors (Lipinski definition) is 3. The minimum Gasteiger partial charge on any atom is -0.346 e. The van der Waals surface area contributed by atoms with Crippen molar-refractivity contribution in [2.24, 2.45) is 0 Å². The van der Waals surface area contributed by atoms with Crippen molar-refractivity contribution in [3.8, 4) is 0 Å². The van der Waals surface area contributed by atoms with Crippen molar-refractivity contribution in [2.75, 3.05) is 13.1 Å². The van der Waals surface area contributed by atoms with Crippen LogP contribution in [0.2, 0.25) is 0 Å². The number of amides is 3. The Bertz CT molecular complexity index is 572. The molecule has 7 nitrogen and oxygen atoms in total. The minimum atomic E-state index is -0.719. The average Bonchev–Trinajstić information content (AvgIpc) is 2.50. The van der Waals surface area contributed by atoms with Gasteiger partial charge in [-0.25, -0.2) is 4.79 Å². The maximum Gasteiger partial charge on any atom is 0.315 e. The van der Waals surface area contributed by atoms with Crippen molar-refractivity contribution in [1.82, 2.24) is 16.0 Å². The lowest BCUT2D eigenvalue weighted by Crippen LogP contribution is -2.48. The van der Waals surface area contributed by atoms with E-state index in [0.717, 1.165) is 5.56 Å². The first-order valence-electron chi connectivity index (χ1n) is 7.23. The first kappa shape index (κ1) is 18.3. The normalized spacial score (nSPS) is 11.2. The van der Waals surface area contributed by atoms with Gasteiger partial charge in [0.2, 0.25) is 5.91 Å². The zero-order valence-corrected chi connectivity index (χ0v) is 13.2. The molecule has 0 aliphatic carbocycles. The summed E-state index contributed by atoms with van der Waals surface area (Å²) in [5, 5.41) is 7.29. The Morgan fingerprint density at radius 3 is 2.13 bits per heavy atom. The molecule has 3 N–H and O–H groups in total. The van der Waals surface area contributed by atoms with Gasteiger partial charge in [-0.05, 0) is 18.9 Å². The third-order valence-electron chi connectivity index (χ3n) is 2.97. The predicted molar refractivity (Wildman–Crippen MR) is 84.8 cm³/mol. The Morgan fingerprint density at radius 2 is 1.57 bits per heavy atom. The van der Waals surface area contributed by atoms with Crippen molar-refractivity contribution in [3.05, 3.63) is 35.9 Å². The SMILES string of the molecule is CC(=O)CNC(=O)NCC(=O)C(Cc1ccccc1)NC(C)=O. The molecule has 0 heterocycles. The van der Waals surface area contributed by atoms with Crippen LogP contribution in [0.3, 0.4) is 0 Å². The van der Waals surface area contributed by atoms with Crippen LogP contribution in [-0.4, -0.2) is 42.6 Å². The van der Waals surface area contributed by atoms with Crippen molar-refractivity contribution in [3.63, 3.8) is 0 Å². The first-order valence-corrected chi connectivity index (χ1v) is 7.23. The van der Waals surface area contributed by atoms with Crippen molar-refractivity contribution in [2.45, 2.75) is 26.3 Å². The lowest BCUT2D eigenvalue weighted by molar-refractivity contribution is -0.126. The average molecular weight is 319 g/mol. The molecule has 0 aliphatic rings. The highest BCUT2D eigenvalue weighted by molar-refractivity contribution is 5.92. The molecule has 124 valence electrons. The molecule has 7 heteroatoms. The summed E-state index contributed by atoms with van der Waals surface area (Å²) < 4.78 is 0. The summed E-state index contributed by atoms with van der Waals surface area (Å²) in [6.07, 6.45) is 0.343. The molecular formula is C16H21N3O4. The van der Waals surface area contributed by atoms with Gasteiger partial charge in [-0.1, -0.05) is 30.3 Å². The monoisotopic (exact) mass is 319 g/mol. The van der Waals surface area contributed by atoms with E-state index < -0.39 is 12.1 Å². The van der Waals surface area contributed by atoms with Crippen LogP contribution >= 0.6 is 0 Å². The molecule has 1 aromatic carbocycles. The molecule has 1 aromatic rings. The van der Waals surface area contributed by atoms with Crippen LogP contribution in [0.25, 0.3) is 0 Å². The summed E-state index contributed by atoms with van der Waals surface area (Å²) in [7, 11) is 0. The molecule has 0 aromatic heterocycles. The van der Waals surface area contributed by atoms with E-state index in [2.05, 4.69) is 16.0 Å². The van der Waals surface area contributed by atoms with Gasteiger partial charge in [0.05, 0.1) is 19.1 Å². The number of carbonyl (C=O) groups excluding carboxylic acids is 4. The van der Waals surface area contributed by atoms with E-state index in [0.29, 0.717) is 6.42 Å². The van der Waals surface area contributed by atoms with Gasteiger partial charge >= 0.3 is 6.03 Å². The maximum absolute atomic E-state index is 12.2. The van der Waals surface area contributed by atoms with Crippen LogP contribution < -0.4 is 16.0 Å². The topological polar surface area (TPSA) is 104 Å². The number of hydrogen-bond acceptors (Lipinski definition) is 4. The van der Waals surface area contributed by atoms with E-state index in [9.17, 15) is 19.2 Å². The van der Waals surface area contributed by atoms with Gasteiger partial charge in [0, 0.05) is 6.92 Å². The number of ketones is 2. The molecule has 1 atom stereocenters. The van der Waals surface area contributed by atoms with Crippen LogP contribution in [0, 0.1) is 0 Å². The van der Waals surface area contributed by atoms with E-state index in [-0.39, 0.29) is 30.6 Å². The van der Waals surface area contributed by atoms with Crippen molar-refractivity contribution in [1.29, 1.82) is 0 Å². The Labute approximate surface area is 134 Å². The third-order valence-corrected chi connectivity index (χ3v) is 2.97. The lowest BCUT2D eigenvalue weighted by Gasteiger charge is -2.17. The third kappa shape index (κ3) is 7.75. The predicted octanol–water partition coefficient (Wildman–Crippen LogP) is 0.191. The second-order valence-corrected chi connectivity index (χ2v) is 5.15. The van der Waals surface area contributed by atoms with E-state index >= 15 is 0 Å². The Morgan fingerprint density at radius 1 is 0.957 bits per heavy atom. The largest absolute Gasteiger partial charge is 0.346 e. The number of rotatable bonds is 8. The summed E-state index contributed by atoms with van der Waals surface area (Å²) in [5.41, 5.74) is 0.903. The molecule has 0 fully saturated rings. The number of benzene rings is 1. The van der Waals surface area contributed by atoms with Gasteiger partial charge in [0.1, 0.15) is 5.78 Å². The Hall–Kier alpha value is -2.70. The van der Waals surface area contributed by atoms with Crippen molar-refractivity contribution < 1.29 is 19.2 Å². The van der Waals surface area contributed by atoms with E-state index in [4.69, 9.17) is 0 Å². The lowest BCUT2D eigenvalue weighted by atomic mass is 10.0. The van der Waals surface area contributed by atoms with Crippen LogP contribution in [0.15, 0.2) is 30.3 Å². The molecular weight excluding hydrogens is 298 g/mol. The molecule has 3 amide bonds. The van der Waals surface area contributed by atoms with E-state index in [1.807, 2.05) is 30.3 Å². The molecule has 0 radical (unpaired) electrons. The summed E-state index contributed by atoms with van der Waals surface area (Å²) in [6.45, 7) is 2.34. The Balaban J connectivity index is 2.56. The minimum absolute atomic E-state index is 0.0981. The fraction of sp³-hybridized carbons (Fsp3) is 0.375. The van der Waals surface area contributed by atoms with Crippen LogP contribution in [0.4, 0.5) is 4.79 Å². The number of Topliss-reactive ketones (excluding diaryl/α,β-unsaturated/α-hetero) is 2. The molecule has 0 aliphatic heterocycles. The fourth-order valence-electron chi connectivity index (χ4n) is 1.90. The molecule has 0 saturated heterocycles. The van der Waals surface area contributed by atoms with Gasteiger partial charge in [-0.2, -0.15) is 0 Å². The van der Waals surface area contributed by atoms with Crippen LogP contribution in [0.1, 0.15) is 19.4 Å². The van der Waals surface area contributed by atoms with E-state index in [1.165, 1.54) is 13.8 Å².